The van der Waals surface area contributed by atoms with Gasteiger partial charge in [-0.15, -0.1) is 0 Å². The molecule has 0 aliphatic rings. The number of hydrogen-bond acceptors (Lipinski definition) is 9. The van der Waals surface area contributed by atoms with Crippen molar-refractivity contribution in [2.45, 2.75) is 34.6 Å². The second-order valence-corrected chi connectivity index (χ2v) is 29.9. The highest BCUT2D eigenvalue weighted by Gasteiger charge is 2.17. The van der Waals surface area contributed by atoms with Gasteiger partial charge in [0.1, 0.15) is 5.82 Å². The standard InChI is InChI=1S/2C24H19N.2C23H18N2.C20H15N3/c1-18-9-8-14-21(15-18)22-16-23(19-10-4-2-5-11-19)25-24(17-22)20-12-6-3-7-13-20;1-18-12-14-19(15-13-18)22-16-23(20-8-4-2-5-9-20)25-24(17-22)21-10-6-3-7-11-21;1-17-10-8-9-15-20(17)22-16-21(18-11-4-2-5-12-18)24-23(25-22)19-13-6-3-7-14-19;1-17-9-8-14-20(15-17)22-16-21(18-10-4-2-5-11-18)24-23(25-22)19-12-6-3-7-13-19;1-14-21-19(16-9-3-2-4-10-16)23-20(22-14)18-13-7-11-15-8-5-6-12-17(15)18/h2*2-17H,1H3;2*2-16H,1H3;2-13H,1H3. The van der Waals surface area contributed by atoms with Gasteiger partial charge in [0.25, 0.3) is 0 Å². The molecule has 0 bridgehead atoms. The van der Waals surface area contributed by atoms with Crippen molar-refractivity contribution in [2.75, 3.05) is 0 Å². The normalized spacial score (nSPS) is 10.6. The molecule has 9 heteroatoms. The van der Waals surface area contributed by atoms with E-state index in [1.54, 1.807) is 0 Å². The molecule has 0 aliphatic heterocycles. The van der Waals surface area contributed by atoms with Gasteiger partial charge in [-0.05, 0) is 116 Å². The minimum Gasteiger partial charge on any atom is -0.248 e. The molecule has 20 rings (SSSR count). The summed E-state index contributed by atoms with van der Waals surface area (Å²) in [5.41, 5.74) is 30.6. The molecule has 0 amide bonds. The van der Waals surface area contributed by atoms with E-state index in [0.29, 0.717) is 11.6 Å². The van der Waals surface area contributed by atoms with Crippen LogP contribution in [0.15, 0.2) is 449 Å². The Bertz CT molecular complexity index is 6460. The van der Waals surface area contributed by atoms with Crippen LogP contribution in [0, 0.1) is 34.6 Å². The summed E-state index contributed by atoms with van der Waals surface area (Å²) in [4.78, 5) is 42.9. The smallest absolute Gasteiger partial charge is 0.164 e. The third-order valence-electron chi connectivity index (χ3n) is 20.9. The van der Waals surface area contributed by atoms with Crippen LogP contribution in [0.2, 0.25) is 0 Å². The third-order valence-corrected chi connectivity index (χ3v) is 20.9. The Kier molecular flexibility index (Phi) is 26.0. The molecule has 5 heterocycles. The topological polar surface area (TPSA) is 116 Å². The van der Waals surface area contributed by atoms with E-state index in [1.807, 2.05) is 177 Å². The molecule has 9 nitrogen and oxygen atoms in total. The molecule has 5 aromatic heterocycles. The third kappa shape index (κ3) is 21.0. The van der Waals surface area contributed by atoms with Gasteiger partial charge in [0.2, 0.25) is 0 Å². The zero-order valence-electron chi connectivity index (χ0n) is 69.2. The van der Waals surface area contributed by atoms with Crippen molar-refractivity contribution in [3.8, 4) is 158 Å². The molecule has 0 saturated heterocycles. The van der Waals surface area contributed by atoms with Gasteiger partial charge in [-0.2, -0.15) is 0 Å². The number of aryl methyl sites for hydroxylation is 5. The van der Waals surface area contributed by atoms with E-state index in [0.717, 1.165) is 135 Å². The summed E-state index contributed by atoms with van der Waals surface area (Å²) in [6.07, 6.45) is 0. The minimum absolute atomic E-state index is 0.709. The van der Waals surface area contributed by atoms with Crippen LogP contribution in [0.3, 0.4) is 0 Å². The maximum absolute atomic E-state index is 4.92. The summed E-state index contributed by atoms with van der Waals surface area (Å²) in [5.74, 6) is 3.65. The van der Waals surface area contributed by atoms with Crippen LogP contribution in [0.1, 0.15) is 28.1 Å². The Morgan fingerprint density at radius 3 is 0.862 bits per heavy atom. The zero-order chi connectivity index (χ0) is 83.9. The Balaban J connectivity index is 0.000000114. The van der Waals surface area contributed by atoms with E-state index in [2.05, 4.69) is 317 Å². The summed E-state index contributed by atoms with van der Waals surface area (Å²) in [6, 6.07) is 154. The second kappa shape index (κ2) is 39.5. The largest absolute Gasteiger partial charge is 0.248 e. The van der Waals surface area contributed by atoms with Crippen LogP contribution in [0.25, 0.3) is 169 Å². The first-order chi connectivity index (χ1) is 60.5. The van der Waals surface area contributed by atoms with Crippen LogP contribution in [-0.2, 0) is 0 Å². The molecule has 123 heavy (non-hydrogen) atoms. The van der Waals surface area contributed by atoms with Gasteiger partial charge in [0, 0.05) is 66.8 Å². The molecular weight excluding hydrogens is 1500 g/mol. The van der Waals surface area contributed by atoms with E-state index in [9.17, 15) is 0 Å². The summed E-state index contributed by atoms with van der Waals surface area (Å²) >= 11 is 0. The average molecular weight is 1590 g/mol. The highest BCUT2D eigenvalue weighted by atomic mass is 15.0. The first kappa shape index (κ1) is 80.8. The Morgan fingerprint density at radius 1 is 0.146 bits per heavy atom. The number of benzene rings is 15. The van der Waals surface area contributed by atoms with E-state index in [4.69, 9.17) is 34.9 Å². The summed E-state index contributed by atoms with van der Waals surface area (Å²) in [5, 5.41) is 2.34. The number of nitrogens with zero attached hydrogens (tertiary/aromatic N) is 9. The molecule has 590 valence electrons. The molecule has 0 spiro atoms. The van der Waals surface area contributed by atoms with Gasteiger partial charge in [0.15, 0.2) is 23.3 Å². The highest BCUT2D eigenvalue weighted by molar-refractivity contribution is 5.95. The van der Waals surface area contributed by atoms with Crippen molar-refractivity contribution in [3.05, 3.63) is 477 Å². The van der Waals surface area contributed by atoms with Crippen molar-refractivity contribution in [1.82, 2.24) is 44.9 Å². The van der Waals surface area contributed by atoms with Crippen molar-refractivity contribution in [2.24, 2.45) is 0 Å². The molecule has 0 aliphatic carbocycles. The molecule has 0 atom stereocenters. The fraction of sp³-hybridized carbons (Fsp3) is 0.0439. The molecule has 0 saturated carbocycles. The van der Waals surface area contributed by atoms with Crippen LogP contribution < -0.4 is 0 Å². The fourth-order valence-electron chi connectivity index (χ4n) is 14.5. The number of hydrogen-bond donors (Lipinski definition) is 0. The molecular formula is C114H89N9. The van der Waals surface area contributed by atoms with Gasteiger partial charge in [-0.25, -0.2) is 44.9 Å². The lowest BCUT2D eigenvalue weighted by molar-refractivity contribution is 0.993. The monoisotopic (exact) mass is 1580 g/mol. The fourth-order valence-corrected chi connectivity index (χ4v) is 14.5. The van der Waals surface area contributed by atoms with E-state index < -0.39 is 0 Å². The van der Waals surface area contributed by atoms with Crippen molar-refractivity contribution < 1.29 is 0 Å². The second-order valence-electron chi connectivity index (χ2n) is 29.9. The molecule has 0 radical (unpaired) electrons. The number of rotatable bonds is 14. The summed E-state index contributed by atoms with van der Waals surface area (Å²) < 4.78 is 0. The van der Waals surface area contributed by atoms with Gasteiger partial charge >= 0.3 is 0 Å². The summed E-state index contributed by atoms with van der Waals surface area (Å²) in [7, 11) is 0. The van der Waals surface area contributed by atoms with Gasteiger partial charge < -0.3 is 0 Å². The SMILES string of the molecule is Cc1ccc(-c2cc(-c3ccccc3)nc(-c3ccccc3)c2)cc1.Cc1cccc(-c2cc(-c3ccccc3)nc(-c3ccccc3)c2)c1.Cc1cccc(-c2cc(-c3ccccc3)nc(-c3ccccc3)n2)c1.Cc1ccccc1-c1cc(-c2ccccc2)nc(-c2ccccc2)n1.Cc1nc(-c2ccccc2)nc(-c2cccc3ccccc23)n1. The first-order valence-electron chi connectivity index (χ1n) is 41.3. The Labute approximate surface area is 720 Å². The number of pyridine rings is 2. The predicted octanol–water partition coefficient (Wildman–Crippen LogP) is 29.0. The zero-order valence-corrected chi connectivity index (χ0v) is 69.2. The van der Waals surface area contributed by atoms with Crippen LogP contribution >= 0.6 is 0 Å². The maximum Gasteiger partial charge on any atom is 0.164 e. The van der Waals surface area contributed by atoms with E-state index in [1.165, 1.54) is 49.9 Å². The van der Waals surface area contributed by atoms with Crippen LogP contribution in [0.4, 0.5) is 0 Å². The van der Waals surface area contributed by atoms with Gasteiger partial charge in [0.05, 0.1) is 45.6 Å². The van der Waals surface area contributed by atoms with E-state index in [-0.39, 0.29) is 0 Å². The Morgan fingerprint density at radius 2 is 0.439 bits per heavy atom. The lowest BCUT2D eigenvalue weighted by Crippen LogP contribution is -1.99. The number of aromatic nitrogens is 9. The van der Waals surface area contributed by atoms with Gasteiger partial charge in [-0.3, -0.25) is 0 Å². The quantitative estimate of drug-likeness (QED) is 0.105. The first-order valence-corrected chi connectivity index (χ1v) is 41.3. The molecule has 0 unspecified atom stereocenters. The minimum atomic E-state index is 0.709. The number of fused-ring (bicyclic) bond motifs is 1. The van der Waals surface area contributed by atoms with E-state index >= 15 is 0 Å². The van der Waals surface area contributed by atoms with Crippen molar-refractivity contribution >= 4 is 10.8 Å². The van der Waals surface area contributed by atoms with Crippen LogP contribution in [-0.4, -0.2) is 44.9 Å². The highest BCUT2D eigenvalue weighted by Crippen LogP contribution is 2.36. The predicted molar refractivity (Wildman–Crippen MR) is 510 cm³/mol. The van der Waals surface area contributed by atoms with Crippen LogP contribution in [0.5, 0.6) is 0 Å². The molecule has 15 aromatic carbocycles. The average Bonchev–Trinajstić information content (AvgIpc) is 0.795. The van der Waals surface area contributed by atoms with Crippen molar-refractivity contribution in [3.63, 3.8) is 0 Å². The Hall–Kier alpha value is -16.0. The maximum atomic E-state index is 4.92. The van der Waals surface area contributed by atoms with Crippen molar-refractivity contribution in [1.29, 1.82) is 0 Å². The lowest BCUT2D eigenvalue weighted by Gasteiger charge is -2.10. The molecule has 0 fully saturated rings. The molecule has 0 N–H and O–H groups in total. The van der Waals surface area contributed by atoms with Gasteiger partial charge in [-0.1, -0.05) is 423 Å². The molecule has 20 aromatic rings. The summed E-state index contributed by atoms with van der Waals surface area (Å²) in [6.45, 7) is 10.4. The lowest BCUT2D eigenvalue weighted by atomic mass is 9.99.